The van der Waals surface area contributed by atoms with Crippen molar-refractivity contribution < 1.29 is 4.79 Å². The highest BCUT2D eigenvalue weighted by atomic mass is 16.2. The van der Waals surface area contributed by atoms with Crippen molar-refractivity contribution in [3.8, 4) is 0 Å². The summed E-state index contributed by atoms with van der Waals surface area (Å²) in [6.45, 7) is 5.26. The van der Waals surface area contributed by atoms with Gasteiger partial charge in [0.1, 0.15) is 0 Å². The number of amides is 1. The van der Waals surface area contributed by atoms with Crippen molar-refractivity contribution in [2.24, 2.45) is 5.92 Å². The average molecular weight is 411 g/mol. The van der Waals surface area contributed by atoms with Gasteiger partial charge in [-0.2, -0.15) is 0 Å². The maximum atomic E-state index is 13.0. The van der Waals surface area contributed by atoms with Crippen molar-refractivity contribution in [2.75, 3.05) is 26.2 Å². The first kappa shape index (κ1) is 21.1. The van der Waals surface area contributed by atoms with Gasteiger partial charge < -0.3 is 4.90 Å². The maximum absolute atomic E-state index is 13.0. The highest BCUT2D eigenvalue weighted by Gasteiger charge is 2.29. The fourth-order valence-corrected chi connectivity index (χ4v) is 4.28. The van der Waals surface area contributed by atoms with Crippen molar-refractivity contribution in [1.82, 2.24) is 9.80 Å². The summed E-state index contributed by atoms with van der Waals surface area (Å²) in [4.78, 5) is 17.5. The van der Waals surface area contributed by atoms with E-state index >= 15 is 0 Å². The minimum atomic E-state index is -0.120. The normalized spacial score (nSPS) is 16.0. The molecule has 1 aliphatic rings. The van der Waals surface area contributed by atoms with Crippen LogP contribution in [0.25, 0.3) is 6.08 Å². The van der Waals surface area contributed by atoms with Crippen molar-refractivity contribution in [3.05, 3.63) is 114 Å². The zero-order valence-corrected chi connectivity index (χ0v) is 18.1. The summed E-state index contributed by atoms with van der Waals surface area (Å²) >= 11 is 0. The Morgan fingerprint density at radius 2 is 1.23 bits per heavy atom. The summed E-state index contributed by atoms with van der Waals surface area (Å²) in [5.74, 6) is 0.0913. The van der Waals surface area contributed by atoms with Crippen LogP contribution in [-0.2, 0) is 4.79 Å². The molecule has 1 unspecified atom stereocenters. The third kappa shape index (κ3) is 5.31. The number of piperazine rings is 1. The van der Waals surface area contributed by atoms with Gasteiger partial charge in [0.05, 0.1) is 12.0 Å². The van der Waals surface area contributed by atoms with E-state index in [0.717, 1.165) is 31.7 Å². The summed E-state index contributed by atoms with van der Waals surface area (Å²) in [6, 6.07) is 31.7. The summed E-state index contributed by atoms with van der Waals surface area (Å²) in [5.41, 5.74) is 3.72. The average Bonchev–Trinajstić information content (AvgIpc) is 2.85. The number of nitrogens with zero attached hydrogens (tertiary/aromatic N) is 2. The fraction of sp³-hybridized carbons (Fsp3) is 0.250. The maximum Gasteiger partial charge on any atom is 0.229 e. The van der Waals surface area contributed by atoms with Gasteiger partial charge in [-0.1, -0.05) is 110 Å². The van der Waals surface area contributed by atoms with E-state index in [4.69, 9.17) is 0 Å². The molecular weight excluding hydrogens is 380 g/mol. The lowest BCUT2D eigenvalue weighted by atomic mass is 9.96. The van der Waals surface area contributed by atoms with Crippen LogP contribution in [0.1, 0.15) is 29.7 Å². The molecule has 0 saturated carbocycles. The third-order valence-corrected chi connectivity index (χ3v) is 5.99. The van der Waals surface area contributed by atoms with Gasteiger partial charge >= 0.3 is 0 Å². The molecule has 0 aliphatic carbocycles. The van der Waals surface area contributed by atoms with E-state index < -0.39 is 0 Å². The van der Waals surface area contributed by atoms with E-state index in [-0.39, 0.29) is 17.9 Å². The third-order valence-electron chi connectivity index (χ3n) is 5.99. The minimum absolute atomic E-state index is 0.120. The van der Waals surface area contributed by atoms with E-state index in [1.54, 1.807) is 0 Å². The Labute approximate surface area is 185 Å². The lowest BCUT2D eigenvalue weighted by molar-refractivity contribution is -0.135. The van der Waals surface area contributed by atoms with E-state index in [1.807, 2.05) is 42.2 Å². The van der Waals surface area contributed by atoms with Crippen LogP contribution in [0, 0.1) is 5.92 Å². The van der Waals surface area contributed by atoms with Gasteiger partial charge in [-0.15, -0.1) is 0 Å². The molecule has 1 amide bonds. The molecule has 1 heterocycles. The molecule has 0 aromatic heterocycles. The molecule has 1 aliphatic heterocycles. The summed E-state index contributed by atoms with van der Waals surface area (Å²) in [6.07, 6.45) is 4.06. The zero-order chi connectivity index (χ0) is 21.5. The lowest BCUT2D eigenvalue weighted by Crippen LogP contribution is -2.50. The Hall–Kier alpha value is -3.17. The number of carbonyl (C=O) groups excluding carboxylic acids is 1. The van der Waals surface area contributed by atoms with Gasteiger partial charge in [-0.05, 0) is 16.7 Å². The van der Waals surface area contributed by atoms with Gasteiger partial charge in [0.2, 0.25) is 5.91 Å². The van der Waals surface area contributed by atoms with Crippen LogP contribution in [0.4, 0.5) is 0 Å². The number of hydrogen-bond donors (Lipinski definition) is 0. The van der Waals surface area contributed by atoms with E-state index in [2.05, 4.69) is 77.7 Å². The minimum Gasteiger partial charge on any atom is -0.340 e. The van der Waals surface area contributed by atoms with Crippen LogP contribution < -0.4 is 0 Å². The molecule has 0 spiro atoms. The smallest absolute Gasteiger partial charge is 0.229 e. The molecule has 1 saturated heterocycles. The van der Waals surface area contributed by atoms with Gasteiger partial charge in [-0.25, -0.2) is 0 Å². The van der Waals surface area contributed by atoms with Crippen LogP contribution in [0.5, 0.6) is 0 Å². The van der Waals surface area contributed by atoms with Crippen molar-refractivity contribution in [3.63, 3.8) is 0 Å². The van der Waals surface area contributed by atoms with Crippen LogP contribution in [0.15, 0.2) is 97.1 Å². The van der Waals surface area contributed by atoms with Gasteiger partial charge in [-0.3, -0.25) is 9.69 Å². The van der Waals surface area contributed by atoms with E-state index in [1.165, 1.54) is 11.1 Å². The number of carbonyl (C=O) groups is 1. The standard InChI is InChI=1S/C28H30N2O/c1-23(17-18-24-11-5-2-6-12-24)28(31)30-21-19-29(20-22-30)27(25-13-7-3-8-14-25)26-15-9-4-10-16-26/h2-18,23,27H,19-22H2,1H3/b18-17+. The van der Waals surface area contributed by atoms with Gasteiger partial charge in [0.25, 0.3) is 0 Å². The van der Waals surface area contributed by atoms with Crippen LogP contribution in [0.2, 0.25) is 0 Å². The molecule has 4 rings (SSSR count). The Bertz CT molecular complexity index is 938. The Kier molecular flexibility index (Phi) is 6.96. The summed E-state index contributed by atoms with van der Waals surface area (Å²) < 4.78 is 0. The highest BCUT2D eigenvalue weighted by molar-refractivity contribution is 5.81. The zero-order valence-electron chi connectivity index (χ0n) is 18.1. The summed E-state index contributed by atoms with van der Waals surface area (Å²) in [7, 11) is 0. The first-order chi connectivity index (χ1) is 15.2. The first-order valence-corrected chi connectivity index (χ1v) is 11.1. The Balaban J connectivity index is 1.42. The topological polar surface area (TPSA) is 23.6 Å². The first-order valence-electron chi connectivity index (χ1n) is 11.1. The van der Waals surface area contributed by atoms with Crippen LogP contribution in [0.3, 0.4) is 0 Å². The molecule has 3 nitrogen and oxygen atoms in total. The van der Waals surface area contributed by atoms with E-state index in [0.29, 0.717) is 0 Å². The molecule has 3 heteroatoms. The quantitative estimate of drug-likeness (QED) is 0.553. The number of hydrogen-bond acceptors (Lipinski definition) is 2. The second-order valence-corrected chi connectivity index (χ2v) is 8.14. The van der Waals surface area contributed by atoms with E-state index in [9.17, 15) is 4.79 Å². The van der Waals surface area contributed by atoms with Crippen molar-refractivity contribution >= 4 is 12.0 Å². The van der Waals surface area contributed by atoms with Gasteiger partial charge in [0, 0.05) is 26.2 Å². The molecule has 1 fully saturated rings. The molecule has 0 N–H and O–H groups in total. The predicted molar refractivity (Wildman–Crippen MR) is 128 cm³/mol. The largest absolute Gasteiger partial charge is 0.340 e. The highest BCUT2D eigenvalue weighted by Crippen LogP contribution is 2.29. The second-order valence-electron chi connectivity index (χ2n) is 8.14. The molecule has 0 bridgehead atoms. The summed E-state index contributed by atoms with van der Waals surface area (Å²) in [5, 5.41) is 0. The van der Waals surface area contributed by atoms with Crippen molar-refractivity contribution in [1.29, 1.82) is 0 Å². The van der Waals surface area contributed by atoms with Crippen LogP contribution in [-0.4, -0.2) is 41.9 Å². The van der Waals surface area contributed by atoms with Crippen LogP contribution >= 0.6 is 0 Å². The number of benzene rings is 3. The molecule has 158 valence electrons. The molecule has 3 aromatic rings. The van der Waals surface area contributed by atoms with Crippen molar-refractivity contribution in [2.45, 2.75) is 13.0 Å². The number of rotatable bonds is 6. The second kappa shape index (κ2) is 10.2. The lowest BCUT2D eigenvalue weighted by Gasteiger charge is -2.40. The fourth-order valence-electron chi connectivity index (χ4n) is 4.28. The molecule has 31 heavy (non-hydrogen) atoms. The Morgan fingerprint density at radius 3 is 1.74 bits per heavy atom. The molecular formula is C28H30N2O. The Morgan fingerprint density at radius 1 is 0.742 bits per heavy atom. The molecule has 1 atom stereocenters. The molecule has 3 aromatic carbocycles. The SMILES string of the molecule is CC(/C=C/c1ccccc1)C(=O)N1CCN(C(c2ccccc2)c2ccccc2)CC1. The molecule has 0 radical (unpaired) electrons. The predicted octanol–water partition coefficient (Wildman–Crippen LogP) is 5.27. The monoisotopic (exact) mass is 410 g/mol. The van der Waals surface area contributed by atoms with Gasteiger partial charge in [0.15, 0.2) is 0 Å².